The number of ketones is 1. The van der Waals surface area contributed by atoms with Gasteiger partial charge in [0.2, 0.25) is 0 Å². The number of halogens is 2. The van der Waals surface area contributed by atoms with Crippen molar-refractivity contribution in [3.8, 4) is 0 Å². The van der Waals surface area contributed by atoms with E-state index >= 15 is 0 Å². The van der Waals surface area contributed by atoms with Gasteiger partial charge >= 0.3 is 0 Å². The quantitative estimate of drug-likeness (QED) is 0.472. The van der Waals surface area contributed by atoms with Crippen molar-refractivity contribution < 1.29 is 9.72 Å². The second-order valence-corrected chi connectivity index (χ2v) is 4.88. The molecule has 4 nitrogen and oxygen atoms in total. The maximum Gasteiger partial charge on any atom is 0.290 e. The normalized spacial score (nSPS) is 10.6. The van der Waals surface area contributed by atoms with E-state index in [1.165, 1.54) is 6.07 Å². The second kappa shape index (κ2) is 5.47. The van der Waals surface area contributed by atoms with Crippen molar-refractivity contribution in [2.45, 2.75) is 20.3 Å². The van der Waals surface area contributed by atoms with E-state index < -0.39 is 4.92 Å². The van der Waals surface area contributed by atoms with Crippen molar-refractivity contribution in [2.24, 2.45) is 5.92 Å². The van der Waals surface area contributed by atoms with Gasteiger partial charge in [-0.25, -0.2) is 0 Å². The van der Waals surface area contributed by atoms with Crippen molar-refractivity contribution in [1.82, 2.24) is 0 Å². The molecule has 0 spiro atoms. The van der Waals surface area contributed by atoms with Gasteiger partial charge in [0.15, 0.2) is 5.78 Å². The third-order valence-corrected chi connectivity index (χ3v) is 2.72. The molecule has 0 aliphatic heterocycles. The van der Waals surface area contributed by atoms with Crippen molar-refractivity contribution in [3.63, 3.8) is 0 Å². The van der Waals surface area contributed by atoms with Crippen LogP contribution in [0.15, 0.2) is 12.1 Å². The maximum atomic E-state index is 11.8. The first-order valence-corrected chi connectivity index (χ1v) is 5.75. The van der Waals surface area contributed by atoms with Gasteiger partial charge in [0, 0.05) is 23.1 Å². The zero-order valence-electron chi connectivity index (χ0n) is 9.37. The molecule has 0 radical (unpaired) electrons. The van der Waals surface area contributed by atoms with Gasteiger partial charge in [0.05, 0.1) is 4.92 Å². The Morgan fingerprint density at radius 1 is 1.41 bits per heavy atom. The highest BCUT2D eigenvalue weighted by Crippen LogP contribution is 2.32. The number of nitro benzene ring substituents is 1. The predicted octanol–water partition coefficient (Wildman–Crippen LogP) is 4.13. The minimum Gasteiger partial charge on any atom is -0.294 e. The Labute approximate surface area is 109 Å². The average molecular weight is 276 g/mol. The number of hydrogen-bond donors (Lipinski definition) is 0. The van der Waals surface area contributed by atoms with Crippen molar-refractivity contribution in [2.75, 3.05) is 0 Å². The first-order valence-electron chi connectivity index (χ1n) is 4.99. The van der Waals surface area contributed by atoms with Gasteiger partial charge in [-0.1, -0.05) is 37.0 Å². The summed E-state index contributed by atoms with van der Waals surface area (Å²) >= 11 is 11.6. The molecular formula is C11H11Cl2NO3. The summed E-state index contributed by atoms with van der Waals surface area (Å²) in [6.45, 7) is 3.76. The zero-order chi connectivity index (χ0) is 13.2. The fourth-order valence-electron chi connectivity index (χ4n) is 1.39. The monoisotopic (exact) mass is 275 g/mol. The summed E-state index contributed by atoms with van der Waals surface area (Å²) in [7, 11) is 0. The molecule has 0 N–H and O–H groups in total. The minimum absolute atomic E-state index is 0.111. The molecule has 0 aliphatic rings. The van der Waals surface area contributed by atoms with Crippen LogP contribution in [0.5, 0.6) is 0 Å². The summed E-state index contributed by atoms with van der Waals surface area (Å²) < 4.78 is 0. The molecule has 0 saturated heterocycles. The van der Waals surface area contributed by atoms with Crippen LogP contribution in [-0.2, 0) is 0 Å². The van der Waals surface area contributed by atoms with Crippen LogP contribution in [0.25, 0.3) is 0 Å². The highest BCUT2D eigenvalue weighted by Gasteiger charge is 2.22. The molecule has 0 heterocycles. The molecule has 92 valence electrons. The van der Waals surface area contributed by atoms with Crippen LogP contribution in [0.1, 0.15) is 30.6 Å². The topological polar surface area (TPSA) is 60.2 Å². The molecule has 1 aromatic carbocycles. The molecule has 0 saturated carbocycles. The third kappa shape index (κ3) is 3.41. The van der Waals surface area contributed by atoms with Gasteiger partial charge < -0.3 is 0 Å². The van der Waals surface area contributed by atoms with Crippen molar-refractivity contribution >= 4 is 34.7 Å². The maximum absolute atomic E-state index is 11.8. The summed E-state index contributed by atoms with van der Waals surface area (Å²) in [5.74, 6) is -0.0906. The van der Waals surface area contributed by atoms with E-state index in [1.54, 1.807) is 0 Å². The fourth-order valence-corrected chi connectivity index (χ4v) is 1.89. The fraction of sp³-hybridized carbons (Fsp3) is 0.364. The van der Waals surface area contributed by atoms with Gasteiger partial charge in [-0.05, 0) is 12.0 Å². The Morgan fingerprint density at radius 3 is 2.47 bits per heavy atom. The predicted molar refractivity (Wildman–Crippen MR) is 66.9 cm³/mol. The molecule has 1 rings (SSSR count). The molecule has 1 aromatic rings. The van der Waals surface area contributed by atoms with Gasteiger partial charge in [-0.3, -0.25) is 14.9 Å². The largest absolute Gasteiger partial charge is 0.294 e. The van der Waals surface area contributed by atoms with Crippen LogP contribution >= 0.6 is 23.2 Å². The van der Waals surface area contributed by atoms with Gasteiger partial charge in [-0.2, -0.15) is 0 Å². The van der Waals surface area contributed by atoms with E-state index in [-0.39, 0.29) is 39.4 Å². The van der Waals surface area contributed by atoms with E-state index in [1.807, 2.05) is 13.8 Å². The first-order chi connectivity index (χ1) is 7.82. The molecule has 0 unspecified atom stereocenters. The molecular weight excluding hydrogens is 265 g/mol. The molecule has 0 aromatic heterocycles. The van der Waals surface area contributed by atoms with Gasteiger partial charge in [0.1, 0.15) is 5.02 Å². The van der Waals surface area contributed by atoms with E-state index in [9.17, 15) is 14.9 Å². The average Bonchev–Trinajstić information content (AvgIpc) is 2.19. The number of nitrogens with zero attached hydrogens (tertiary/aromatic N) is 1. The summed E-state index contributed by atoms with van der Waals surface area (Å²) in [5.41, 5.74) is -0.231. The summed E-state index contributed by atoms with van der Waals surface area (Å²) in [5, 5.41) is 10.7. The number of carbonyl (C=O) groups excluding carboxylic acids is 1. The third-order valence-electron chi connectivity index (χ3n) is 2.11. The Balaban J connectivity index is 3.25. The lowest BCUT2D eigenvalue weighted by molar-refractivity contribution is -0.384. The standard InChI is InChI=1S/C11H11Cl2NO3/c1-6(2)3-10(15)8-4-7(12)5-9(11(8)13)14(16)17/h4-6H,3H2,1-2H3. The van der Waals surface area contributed by atoms with Crippen LogP contribution < -0.4 is 0 Å². The van der Waals surface area contributed by atoms with E-state index in [0.29, 0.717) is 0 Å². The lowest BCUT2D eigenvalue weighted by Crippen LogP contribution is -2.05. The van der Waals surface area contributed by atoms with Crippen molar-refractivity contribution in [1.29, 1.82) is 0 Å². The van der Waals surface area contributed by atoms with Crippen molar-refractivity contribution in [3.05, 3.63) is 37.9 Å². The highest BCUT2D eigenvalue weighted by atomic mass is 35.5. The summed E-state index contributed by atoms with van der Waals surface area (Å²) in [4.78, 5) is 21.9. The molecule has 0 aliphatic carbocycles. The van der Waals surface area contributed by atoms with Crippen LogP contribution in [0, 0.1) is 16.0 Å². The van der Waals surface area contributed by atoms with E-state index in [2.05, 4.69) is 0 Å². The Kier molecular flexibility index (Phi) is 4.48. The molecule has 17 heavy (non-hydrogen) atoms. The second-order valence-electron chi connectivity index (χ2n) is 4.06. The smallest absolute Gasteiger partial charge is 0.290 e. The number of rotatable bonds is 4. The lowest BCUT2D eigenvalue weighted by atomic mass is 10.0. The molecule has 6 heteroatoms. The number of hydrogen-bond acceptors (Lipinski definition) is 3. The van der Waals surface area contributed by atoms with Gasteiger partial charge in [-0.15, -0.1) is 0 Å². The van der Waals surface area contributed by atoms with Crippen LogP contribution in [0.3, 0.4) is 0 Å². The molecule has 0 amide bonds. The number of benzene rings is 1. The number of Topliss-reactive ketones (excluding diaryl/α,β-unsaturated/α-hetero) is 1. The van der Waals surface area contributed by atoms with Crippen LogP contribution in [0.4, 0.5) is 5.69 Å². The number of nitro groups is 1. The molecule has 0 bridgehead atoms. The molecule has 0 fully saturated rings. The summed E-state index contributed by atoms with van der Waals surface area (Å²) in [6.07, 6.45) is 0.275. The SMILES string of the molecule is CC(C)CC(=O)c1cc(Cl)cc([N+](=O)[O-])c1Cl. The lowest BCUT2D eigenvalue weighted by Gasteiger charge is -2.07. The first kappa shape index (κ1) is 13.9. The Hall–Kier alpha value is -1.13. The Bertz CT molecular complexity index is 472. The minimum atomic E-state index is -0.652. The van der Waals surface area contributed by atoms with Gasteiger partial charge in [0.25, 0.3) is 5.69 Å². The zero-order valence-corrected chi connectivity index (χ0v) is 10.9. The Morgan fingerprint density at radius 2 is 2.00 bits per heavy atom. The highest BCUT2D eigenvalue weighted by molar-refractivity contribution is 6.37. The van der Waals surface area contributed by atoms with Crippen LogP contribution in [-0.4, -0.2) is 10.7 Å². The van der Waals surface area contributed by atoms with E-state index in [4.69, 9.17) is 23.2 Å². The number of carbonyl (C=O) groups is 1. The van der Waals surface area contributed by atoms with E-state index in [0.717, 1.165) is 6.07 Å². The van der Waals surface area contributed by atoms with Crippen LogP contribution in [0.2, 0.25) is 10.0 Å². The summed E-state index contributed by atoms with van der Waals surface area (Å²) in [6, 6.07) is 2.50. The molecule has 0 atom stereocenters.